The number of nitrogens with zero attached hydrogens (tertiary/aromatic N) is 1. The zero-order valence-corrected chi connectivity index (χ0v) is 12.2. The van der Waals surface area contributed by atoms with Gasteiger partial charge in [-0.3, -0.25) is 9.59 Å². The average Bonchev–Trinajstić information content (AvgIpc) is 2.66. The lowest BCUT2D eigenvalue weighted by Crippen LogP contribution is -2.32. The molecule has 0 spiro atoms. The zero-order chi connectivity index (χ0) is 14.9. The summed E-state index contributed by atoms with van der Waals surface area (Å²) in [6, 6.07) is 3.43. The van der Waals surface area contributed by atoms with Crippen molar-refractivity contribution >= 4 is 34.7 Å². The molecule has 0 radical (unpaired) electrons. The second kappa shape index (κ2) is 5.81. The fraction of sp³-hybridized carbons (Fsp3) is 0.429. The quantitative estimate of drug-likeness (QED) is 0.816. The van der Waals surface area contributed by atoms with Gasteiger partial charge in [-0.25, -0.2) is 0 Å². The van der Waals surface area contributed by atoms with Crippen molar-refractivity contribution in [3.05, 3.63) is 22.7 Å². The maximum absolute atomic E-state index is 11.6. The van der Waals surface area contributed by atoms with E-state index in [0.29, 0.717) is 29.2 Å². The molecular formula is C14H17ClN2O3. The van der Waals surface area contributed by atoms with Gasteiger partial charge in [0.15, 0.2) is 0 Å². The second-order valence-corrected chi connectivity index (χ2v) is 5.40. The minimum Gasteiger partial charge on any atom is -0.396 e. The second-order valence-electron chi connectivity index (χ2n) is 5.00. The van der Waals surface area contributed by atoms with Gasteiger partial charge in [-0.05, 0) is 32.4 Å². The first kappa shape index (κ1) is 14.8. The van der Waals surface area contributed by atoms with Crippen LogP contribution in [0.5, 0.6) is 0 Å². The Bertz CT molecular complexity index is 558. The Morgan fingerprint density at radius 3 is 2.65 bits per heavy atom. The summed E-state index contributed by atoms with van der Waals surface area (Å²) in [4.78, 5) is 25.0. The van der Waals surface area contributed by atoms with E-state index in [-0.39, 0.29) is 12.6 Å². The van der Waals surface area contributed by atoms with Gasteiger partial charge in [0.2, 0.25) is 0 Å². The highest BCUT2D eigenvalue weighted by Crippen LogP contribution is 2.35. The third-order valence-electron chi connectivity index (χ3n) is 3.28. The molecule has 0 saturated heterocycles. The van der Waals surface area contributed by atoms with Crippen molar-refractivity contribution in [2.75, 3.05) is 23.4 Å². The minimum absolute atomic E-state index is 0.0982. The molecule has 1 amide bonds. The number of carbonyl (C=O) groups is 2. The zero-order valence-electron chi connectivity index (χ0n) is 11.4. The number of fused-ring (bicyclic) bond motifs is 1. The molecule has 6 heteroatoms. The van der Waals surface area contributed by atoms with Crippen molar-refractivity contribution < 1.29 is 14.7 Å². The number of hydrogen-bond acceptors (Lipinski definition) is 4. The van der Waals surface area contributed by atoms with Crippen molar-refractivity contribution in [1.82, 2.24) is 0 Å². The summed E-state index contributed by atoms with van der Waals surface area (Å²) in [7, 11) is 0. The number of aliphatic hydroxyl groups is 1. The number of Topliss-reactive ketones (excluding diaryl/α,β-unsaturated/α-hetero) is 1. The van der Waals surface area contributed by atoms with E-state index in [0.717, 1.165) is 5.69 Å². The monoisotopic (exact) mass is 296 g/mol. The Morgan fingerprint density at radius 2 is 2.05 bits per heavy atom. The number of carbonyl (C=O) groups excluding carboxylic acids is 2. The third kappa shape index (κ3) is 2.64. The average molecular weight is 297 g/mol. The summed E-state index contributed by atoms with van der Waals surface area (Å²) in [6.45, 7) is 4.78. The molecule has 0 aromatic heterocycles. The molecule has 1 aromatic rings. The van der Waals surface area contributed by atoms with Crippen LogP contribution in [0.3, 0.4) is 0 Å². The van der Waals surface area contributed by atoms with Crippen molar-refractivity contribution in [3.8, 4) is 0 Å². The van der Waals surface area contributed by atoms with Crippen LogP contribution in [0.2, 0.25) is 5.02 Å². The van der Waals surface area contributed by atoms with Crippen molar-refractivity contribution in [3.63, 3.8) is 0 Å². The smallest absolute Gasteiger partial charge is 0.296 e. The van der Waals surface area contributed by atoms with E-state index >= 15 is 0 Å². The maximum atomic E-state index is 11.6. The van der Waals surface area contributed by atoms with E-state index in [9.17, 15) is 9.59 Å². The first-order chi connectivity index (χ1) is 9.45. The number of rotatable bonds is 5. The predicted octanol–water partition coefficient (Wildman–Crippen LogP) is 2.07. The van der Waals surface area contributed by atoms with Gasteiger partial charge >= 0.3 is 0 Å². The van der Waals surface area contributed by atoms with Crippen LogP contribution in [-0.2, 0) is 4.79 Å². The largest absolute Gasteiger partial charge is 0.396 e. The normalized spacial score (nSPS) is 13.7. The van der Waals surface area contributed by atoms with Crippen LogP contribution in [0.1, 0.15) is 30.6 Å². The molecule has 0 saturated carbocycles. The van der Waals surface area contributed by atoms with E-state index in [2.05, 4.69) is 5.32 Å². The molecule has 0 aliphatic carbocycles. The van der Waals surface area contributed by atoms with E-state index in [1.54, 1.807) is 6.07 Å². The van der Waals surface area contributed by atoms with Gasteiger partial charge in [0.25, 0.3) is 11.7 Å². The Morgan fingerprint density at radius 1 is 1.35 bits per heavy atom. The maximum Gasteiger partial charge on any atom is 0.296 e. The highest BCUT2D eigenvalue weighted by atomic mass is 35.5. The van der Waals surface area contributed by atoms with Gasteiger partial charge in [-0.15, -0.1) is 0 Å². The molecule has 20 heavy (non-hydrogen) atoms. The number of ketones is 1. The fourth-order valence-electron chi connectivity index (χ4n) is 2.27. The standard InChI is InChI=1S/C14H17ClN2O3/c1-8(2)17(4-3-5-18)12-7-11-9(6-10(12)15)13(19)14(20)16-11/h6-8,18H,3-5H2,1-2H3,(H,16,19,20). The summed E-state index contributed by atoms with van der Waals surface area (Å²) >= 11 is 6.24. The lowest BCUT2D eigenvalue weighted by atomic mass is 10.1. The number of aliphatic hydroxyl groups excluding tert-OH is 1. The Hall–Kier alpha value is -1.59. The van der Waals surface area contributed by atoms with Crippen LogP contribution in [-0.4, -0.2) is 36.0 Å². The molecule has 0 unspecified atom stereocenters. The predicted molar refractivity (Wildman–Crippen MR) is 78.6 cm³/mol. The Balaban J connectivity index is 2.40. The van der Waals surface area contributed by atoms with E-state index < -0.39 is 11.7 Å². The van der Waals surface area contributed by atoms with E-state index in [1.165, 1.54) is 6.07 Å². The summed E-state index contributed by atoms with van der Waals surface area (Å²) in [5, 5.41) is 11.9. The van der Waals surface area contributed by atoms with Crippen molar-refractivity contribution in [2.45, 2.75) is 26.3 Å². The fourth-order valence-corrected chi connectivity index (χ4v) is 2.54. The van der Waals surface area contributed by atoms with Crippen LogP contribution in [0.15, 0.2) is 12.1 Å². The lowest BCUT2D eigenvalue weighted by molar-refractivity contribution is -0.112. The van der Waals surface area contributed by atoms with E-state index in [4.69, 9.17) is 16.7 Å². The number of halogens is 1. The Kier molecular flexibility index (Phi) is 4.30. The molecule has 0 fully saturated rings. The number of hydrogen-bond donors (Lipinski definition) is 2. The first-order valence-corrected chi connectivity index (χ1v) is 6.90. The number of benzene rings is 1. The molecule has 1 aromatic carbocycles. The first-order valence-electron chi connectivity index (χ1n) is 6.52. The summed E-state index contributed by atoms with van der Waals surface area (Å²) in [5.74, 6) is -1.18. The highest BCUT2D eigenvalue weighted by Gasteiger charge is 2.30. The molecule has 2 N–H and O–H groups in total. The minimum atomic E-state index is -0.625. The molecule has 2 rings (SSSR count). The van der Waals surface area contributed by atoms with Crippen molar-refractivity contribution in [1.29, 1.82) is 0 Å². The molecule has 0 bridgehead atoms. The highest BCUT2D eigenvalue weighted by molar-refractivity contribution is 6.52. The van der Waals surface area contributed by atoms with Crippen LogP contribution >= 0.6 is 11.6 Å². The molecule has 108 valence electrons. The molecular weight excluding hydrogens is 280 g/mol. The van der Waals surface area contributed by atoms with Crippen LogP contribution in [0, 0.1) is 0 Å². The van der Waals surface area contributed by atoms with Gasteiger partial charge in [0, 0.05) is 19.2 Å². The number of anilines is 2. The number of nitrogens with one attached hydrogen (secondary N) is 1. The van der Waals surface area contributed by atoms with Gasteiger partial charge in [-0.2, -0.15) is 0 Å². The van der Waals surface area contributed by atoms with Crippen molar-refractivity contribution in [2.24, 2.45) is 0 Å². The molecule has 0 atom stereocenters. The summed E-state index contributed by atoms with van der Waals surface area (Å²) in [5.41, 5.74) is 1.56. The summed E-state index contributed by atoms with van der Waals surface area (Å²) in [6.07, 6.45) is 0.622. The number of amides is 1. The third-order valence-corrected chi connectivity index (χ3v) is 3.58. The van der Waals surface area contributed by atoms with Gasteiger partial charge in [-0.1, -0.05) is 11.6 Å². The molecule has 1 heterocycles. The van der Waals surface area contributed by atoms with Crippen LogP contribution < -0.4 is 10.2 Å². The summed E-state index contributed by atoms with van der Waals surface area (Å²) < 4.78 is 0. The lowest BCUT2D eigenvalue weighted by Gasteiger charge is -2.30. The van der Waals surface area contributed by atoms with E-state index in [1.807, 2.05) is 18.7 Å². The van der Waals surface area contributed by atoms with Gasteiger partial charge in [0.05, 0.1) is 22.0 Å². The van der Waals surface area contributed by atoms with Gasteiger partial charge in [0.1, 0.15) is 0 Å². The van der Waals surface area contributed by atoms with Gasteiger partial charge < -0.3 is 15.3 Å². The Labute approximate surface area is 122 Å². The molecule has 5 nitrogen and oxygen atoms in total. The molecule has 1 aliphatic rings. The van der Waals surface area contributed by atoms with Crippen LogP contribution in [0.4, 0.5) is 11.4 Å². The molecule has 1 aliphatic heterocycles. The topological polar surface area (TPSA) is 69.6 Å². The van der Waals surface area contributed by atoms with Crippen LogP contribution in [0.25, 0.3) is 0 Å². The SMILES string of the molecule is CC(C)N(CCCO)c1cc2c(cc1Cl)C(=O)C(=O)N2.